The summed E-state index contributed by atoms with van der Waals surface area (Å²) in [6.45, 7) is 0. The average molecular weight is 370 g/mol. The summed E-state index contributed by atoms with van der Waals surface area (Å²) in [5, 5.41) is 21.4. The Bertz CT molecular complexity index is 837. The lowest BCUT2D eigenvalue weighted by atomic mass is 9.73. The molecule has 0 unspecified atom stereocenters. The van der Waals surface area contributed by atoms with Gasteiger partial charge in [0.2, 0.25) is 0 Å². The Morgan fingerprint density at radius 1 is 1.11 bits per heavy atom. The molecule has 0 spiro atoms. The Balaban J connectivity index is 1.68. The van der Waals surface area contributed by atoms with Crippen LogP contribution >= 0.6 is 0 Å². The molecule has 4 nitrogen and oxygen atoms in total. The third-order valence-electron chi connectivity index (χ3n) is 5.23. The number of carbonyl (C=O) groups excluding carboxylic acids is 1. The van der Waals surface area contributed by atoms with Crippen molar-refractivity contribution in [3.05, 3.63) is 65.7 Å². The van der Waals surface area contributed by atoms with Crippen LogP contribution in [-0.2, 0) is 4.79 Å². The maximum atomic E-state index is 14.7. The van der Waals surface area contributed by atoms with Gasteiger partial charge in [-0.3, -0.25) is 4.79 Å². The highest BCUT2D eigenvalue weighted by Crippen LogP contribution is 2.45. The van der Waals surface area contributed by atoms with Crippen LogP contribution in [0.4, 0.5) is 14.5 Å². The Labute approximate surface area is 156 Å². The van der Waals surface area contributed by atoms with Gasteiger partial charge in [-0.25, -0.2) is 0 Å². The van der Waals surface area contributed by atoms with Crippen molar-refractivity contribution in [1.82, 2.24) is 0 Å². The van der Waals surface area contributed by atoms with Crippen LogP contribution in [0.25, 0.3) is 0 Å². The number of nitrogens with zero attached hydrogens (tertiary/aromatic N) is 1. The molecule has 1 saturated carbocycles. The fourth-order valence-electron chi connectivity index (χ4n) is 3.52. The van der Waals surface area contributed by atoms with Gasteiger partial charge in [-0.1, -0.05) is 30.3 Å². The predicted molar refractivity (Wildman–Crippen MR) is 97.3 cm³/mol. The van der Waals surface area contributed by atoms with Crippen molar-refractivity contribution < 1.29 is 18.7 Å². The fourth-order valence-corrected chi connectivity index (χ4v) is 3.52. The van der Waals surface area contributed by atoms with Gasteiger partial charge >= 0.3 is 5.92 Å². The number of alkyl halides is 2. The van der Waals surface area contributed by atoms with Gasteiger partial charge in [0.1, 0.15) is 5.60 Å². The van der Waals surface area contributed by atoms with E-state index in [0.29, 0.717) is 18.4 Å². The van der Waals surface area contributed by atoms with Crippen LogP contribution in [0.15, 0.2) is 54.6 Å². The number of halogens is 2. The molecule has 0 heterocycles. The third kappa shape index (κ3) is 3.83. The second kappa shape index (κ2) is 7.45. The van der Waals surface area contributed by atoms with Gasteiger partial charge in [0.15, 0.2) is 0 Å². The van der Waals surface area contributed by atoms with Crippen molar-refractivity contribution in [2.75, 3.05) is 5.32 Å². The number of hydrogen-bond donors (Lipinski definition) is 2. The molecule has 2 aromatic rings. The first-order valence-corrected chi connectivity index (χ1v) is 8.82. The van der Waals surface area contributed by atoms with E-state index >= 15 is 0 Å². The van der Waals surface area contributed by atoms with Crippen molar-refractivity contribution >= 4 is 11.6 Å². The maximum absolute atomic E-state index is 14.7. The summed E-state index contributed by atoms with van der Waals surface area (Å²) in [7, 11) is 0. The van der Waals surface area contributed by atoms with Crippen molar-refractivity contribution in [2.24, 2.45) is 0 Å². The van der Waals surface area contributed by atoms with Crippen molar-refractivity contribution in [3.8, 4) is 6.07 Å². The molecule has 27 heavy (non-hydrogen) atoms. The van der Waals surface area contributed by atoms with Gasteiger partial charge in [-0.05, 0) is 61.4 Å². The monoisotopic (exact) mass is 370 g/mol. The van der Waals surface area contributed by atoms with Crippen molar-refractivity contribution in [3.63, 3.8) is 0 Å². The van der Waals surface area contributed by atoms with E-state index < -0.39 is 17.4 Å². The summed E-state index contributed by atoms with van der Waals surface area (Å²) in [6.07, 6.45) is 0.473. The topological polar surface area (TPSA) is 73.1 Å². The van der Waals surface area contributed by atoms with Crippen molar-refractivity contribution in [1.29, 1.82) is 5.26 Å². The molecule has 6 heteroatoms. The van der Waals surface area contributed by atoms with E-state index in [-0.39, 0.29) is 24.4 Å². The number of carbonyl (C=O) groups is 1. The van der Waals surface area contributed by atoms with Gasteiger partial charge in [-0.15, -0.1) is 0 Å². The van der Waals surface area contributed by atoms with E-state index in [1.807, 2.05) is 36.4 Å². The summed E-state index contributed by atoms with van der Waals surface area (Å²) >= 11 is 0. The zero-order valence-corrected chi connectivity index (χ0v) is 14.7. The smallest absolute Gasteiger partial charge is 0.352 e. The molecule has 0 saturated heterocycles. The summed E-state index contributed by atoms with van der Waals surface area (Å²) in [5.74, 6) is -5.35. The molecule has 140 valence electrons. The molecule has 0 atom stereocenters. The molecule has 3 rings (SSSR count). The molecule has 1 fully saturated rings. The maximum Gasteiger partial charge on any atom is 0.352 e. The third-order valence-corrected chi connectivity index (χ3v) is 5.23. The summed E-state index contributed by atoms with van der Waals surface area (Å²) < 4.78 is 29.5. The van der Waals surface area contributed by atoms with Crippen LogP contribution < -0.4 is 5.32 Å². The molecule has 0 bridgehead atoms. The molecule has 0 aliphatic heterocycles. The Hall–Kier alpha value is -2.78. The standard InChI is InChI=1S/C21H20F2N2O2/c22-21(23,19(26)25-18-8-6-15(14-24)7-9-18)20(27)12-10-17(11-13-20)16-4-2-1-3-5-16/h1-9,17,27H,10-13H2,(H,25,26)/t17-,20+. The van der Waals surface area contributed by atoms with Gasteiger partial charge in [0.05, 0.1) is 11.6 Å². The van der Waals surface area contributed by atoms with E-state index in [2.05, 4.69) is 5.32 Å². The van der Waals surface area contributed by atoms with E-state index in [0.717, 1.165) is 5.56 Å². The largest absolute Gasteiger partial charge is 0.383 e. The molecule has 2 aromatic carbocycles. The average Bonchev–Trinajstić information content (AvgIpc) is 2.69. The van der Waals surface area contributed by atoms with Gasteiger partial charge in [-0.2, -0.15) is 14.0 Å². The van der Waals surface area contributed by atoms with E-state index in [9.17, 15) is 18.7 Å². The Morgan fingerprint density at radius 2 is 1.70 bits per heavy atom. The zero-order chi connectivity index (χ0) is 19.5. The van der Waals surface area contributed by atoms with Gasteiger partial charge in [0.25, 0.3) is 5.91 Å². The molecular formula is C21H20F2N2O2. The lowest BCUT2D eigenvalue weighted by Crippen LogP contribution is -2.56. The molecule has 0 aromatic heterocycles. The first-order valence-electron chi connectivity index (χ1n) is 8.82. The number of rotatable bonds is 4. The minimum absolute atomic E-state index is 0.101. The normalized spacial score (nSPS) is 22.7. The highest BCUT2D eigenvalue weighted by molar-refractivity contribution is 5.97. The SMILES string of the molecule is N#Cc1ccc(NC(=O)C(F)(F)[C@]2(O)CC[C@@H](c3ccccc3)CC2)cc1. The Morgan fingerprint density at radius 3 is 2.26 bits per heavy atom. The number of aliphatic hydroxyl groups is 1. The summed E-state index contributed by atoms with van der Waals surface area (Å²) in [4.78, 5) is 12.2. The van der Waals surface area contributed by atoms with E-state index in [1.54, 1.807) is 0 Å². The number of anilines is 1. The van der Waals surface area contributed by atoms with Crippen LogP contribution in [-0.4, -0.2) is 22.5 Å². The molecular weight excluding hydrogens is 350 g/mol. The van der Waals surface area contributed by atoms with Gasteiger partial charge < -0.3 is 10.4 Å². The van der Waals surface area contributed by atoms with E-state index in [1.165, 1.54) is 24.3 Å². The highest BCUT2D eigenvalue weighted by atomic mass is 19.3. The highest BCUT2D eigenvalue weighted by Gasteiger charge is 2.59. The number of hydrogen-bond acceptors (Lipinski definition) is 3. The molecule has 2 N–H and O–H groups in total. The lowest BCUT2D eigenvalue weighted by Gasteiger charge is -2.40. The minimum Gasteiger partial charge on any atom is -0.383 e. The lowest BCUT2D eigenvalue weighted by molar-refractivity contribution is -0.197. The Kier molecular flexibility index (Phi) is 5.24. The quantitative estimate of drug-likeness (QED) is 0.846. The minimum atomic E-state index is -3.91. The second-order valence-corrected chi connectivity index (χ2v) is 6.93. The summed E-state index contributed by atoms with van der Waals surface area (Å²) in [5.41, 5.74) is -0.794. The zero-order valence-electron chi connectivity index (χ0n) is 14.7. The molecule has 1 amide bonds. The van der Waals surface area contributed by atoms with Gasteiger partial charge in [0, 0.05) is 5.69 Å². The van der Waals surface area contributed by atoms with Crippen LogP contribution in [0.3, 0.4) is 0 Å². The number of amides is 1. The fraction of sp³-hybridized carbons (Fsp3) is 0.333. The second-order valence-electron chi connectivity index (χ2n) is 6.93. The van der Waals surface area contributed by atoms with Crippen LogP contribution in [0.2, 0.25) is 0 Å². The molecule has 1 aliphatic carbocycles. The summed E-state index contributed by atoms with van der Waals surface area (Å²) in [6, 6.07) is 17.1. The molecule has 0 radical (unpaired) electrons. The number of nitriles is 1. The number of benzene rings is 2. The van der Waals surface area contributed by atoms with Crippen molar-refractivity contribution in [2.45, 2.75) is 43.1 Å². The van der Waals surface area contributed by atoms with Crippen LogP contribution in [0, 0.1) is 11.3 Å². The first kappa shape index (κ1) is 19.0. The van der Waals surface area contributed by atoms with Crippen LogP contribution in [0.5, 0.6) is 0 Å². The predicted octanol–water partition coefficient (Wildman–Crippen LogP) is 4.22. The molecule has 1 aliphatic rings. The van der Waals surface area contributed by atoms with E-state index in [4.69, 9.17) is 5.26 Å². The number of nitrogens with one attached hydrogen (secondary N) is 1. The first-order chi connectivity index (χ1) is 12.9. The van der Waals surface area contributed by atoms with Crippen LogP contribution in [0.1, 0.15) is 42.7 Å².